The zero-order chi connectivity index (χ0) is 20.6. The zero-order valence-corrected chi connectivity index (χ0v) is 17.5. The Balaban J connectivity index is 1.34. The first kappa shape index (κ1) is 21.5. The summed E-state index contributed by atoms with van der Waals surface area (Å²) in [6.45, 7) is 6.10. The fourth-order valence-corrected chi connectivity index (χ4v) is 3.77. The Labute approximate surface area is 177 Å². The molecule has 1 aliphatic rings. The Kier molecular flexibility index (Phi) is 7.81. The molecule has 1 amide bonds. The Bertz CT molecular complexity index is 813. The number of nitrogens with one attached hydrogen (secondary N) is 2. The fraction of sp³-hybridized carbons (Fsp3) is 0.391. The lowest BCUT2D eigenvalue weighted by Crippen LogP contribution is -2.39. The normalized spacial score (nSPS) is 15.2. The molecule has 0 bridgehead atoms. The number of benzene rings is 2. The van der Waals surface area contributed by atoms with Crippen LogP contribution in [0.2, 0.25) is 5.02 Å². The second kappa shape index (κ2) is 10.5. The van der Waals surface area contributed by atoms with Crippen LogP contribution in [-0.2, 0) is 11.3 Å². The predicted octanol–water partition coefficient (Wildman–Crippen LogP) is 3.98. The van der Waals surface area contributed by atoms with E-state index in [1.165, 1.54) is 12.5 Å². The van der Waals surface area contributed by atoms with Crippen LogP contribution in [0.25, 0.3) is 0 Å². The van der Waals surface area contributed by atoms with Crippen molar-refractivity contribution in [2.45, 2.75) is 26.3 Å². The van der Waals surface area contributed by atoms with Gasteiger partial charge in [-0.15, -0.1) is 0 Å². The minimum Gasteiger partial charge on any atom is -0.326 e. The summed E-state index contributed by atoms with van der Waals surface area (Å²) in [5.74, 6) is 0.291. The minimum absolute atomic E-state index is 0.0606. The van der Waals surface area contributed by atoms with E-state index < -0.39 is 0 Å². The molecule has 0 aromatic heterocycles. The van der Waals surface area contributed by atoms with Gasteiger partial charge in [0.2, 0.25) is 5.91 Å². The summed E-state index contributed by atoms with van der Waals surface area (Å²) < 4.78 is 0. The number of carbonyl (C=O) groups excluding carboxylic acids is 2. The van der Waals surface area contributed by atoms with E-state index in [4.69, 9.17) is 11.6 Å². The molecule has 1 saturated heterocycles. The van der Waals surface area contributed by atoms with Crippen molar-refractivity contribution in [3.05, 3.63) is 64.7 Å². The van der Waals surface area contributed by atoms with E-state index in [0.29, 0.717) is 5.02 Å². The second-order valence-electron chi connectivity index (χ2n) is 7.54. The summed E-state index contributed by atoms with van der Waals surface area (Å²) >= 11 is 5.91. The van der Waals surface area contributed by atoms with E-state index in [-0.39, 0.29) is 17.6 Å². The number of rotatable bonds is 8. The van der Waals surface area contributed by atoms with Crippen molar-refractivity contribution in [2.24, 2.45) is 5.92 Å². The minimum atomic E-state index is -0.0606. The number of Topliss-reactive ketones (excluding diaryl/α,β-unsaturated/α-hetero) is 1. The van der Waals surface area contributed by atoms with Crippen molar-refractivity contribution in [1.29, 1.82) is 0 Å². The second-order valence-corrected chi connectivity index (χ2v) is 7.98. The summed E-state index contributed by atoms with van der Waals surface area (Å²) in [7, 11) is 0. The van der Waals surface area contributed by atoms with E-state index in [2.05, 4.69) is 15.5 Å². The highest BCUT2D eigenvalue weighted by atomic mass is 35.5. The van der Waals surface area contributed by atoms with Crippen molar-refractivity contribution >= 4 is 29.0 Å². The molecule has 0 aliphatic carbocycles. The lowest BCUT2D eigenvalue weighted by Gasteiger charge is -2.31. The van der Waals surface area contributed by atoms with Gasteiger partial charge >= 0.3 is 0 Å². The molecule has 0 spiro atoms. The van der Waals surface area contributed by atoms with E-state index >= 15 is 0 Å². The van der Waals surface area contributed by atoms with E-state index in [0.717, 1.165) is 56.8 Å². The van der Waals surface area contributed by atoms with Gasteiger partial charge < -0.3 is 15.5 Å². The highest BCUT2D eigenvalue weighted by Crippen LogP contribution is 2.22. The molecule has 29 heavy (non-hydrogen) atoms. The van der Waals surface area contributed by atoms with Gasteiger partial charge in [0.05, 0.1) is 0 Å². The van der Waals surface area contributed by atoms with Gasteiger partial charge in [-0.1, -0.05) is 23.7 Å². The molecule has 5 nitrogen and oxygen atoms in total. The first-order valence-electron chi connectivity index (χ1n) is 10.1. The number of piperidine rings is 1. The highest BCUT2D eigenvalue weighted by molar-refractivity contribution is 6.30. The largest absolute Gasteiger partial charge is 0.326 e. The Morgan fingerprint density at radius 2 is 1.69 bits per heavy atom. The molecule has 1 fully saturated rings. The first-order valence-corrected chi connectivity index (χ1v) is 10.5. The topological polar surface area (TPSA) is 61.4 Å². The molecule has 0 atom stereocenters. The van der Waals surface area contributed by atoms with E-state index in [1.54, 1.807) is 12.1 Å². The number of amides is 1. The van der Waals surface area contributed by atoms with Crippen molar-refractivity contribution in [3.63, 3.8) is 0 Å². The lowest BCUT2D eigenvalue weighted by atomic mass is 9.89. The van der Waals surface area contributed by atoms with Crippen molar-refractivity contribution in [2.75, 3.05) is 31.5 Å². The summed E-state index contributed by atoms with van der Waals surface area (Å²) in [5.41, 5.74) is 2.77. The van der Waals surface area contributed by atoms with Crippen molar-refractivity contribution in [1.82, 2.24) is 10.2 Å². The third kappa shape index (κ3) is 6.67. The Morgan fingerprint density at radius 3 is 2.31 bits per heavy atom. The van der Waals surface area contributed by atoms with Gasteiger partial charge in [-0.3, -0.25) is 9.59 Å². The number of halogens is 1. The fourth-order valence-electron chi connectivity index (χ4n) is 3.65. The number of ketones is 1. The van der Waals surface area contributed by atoms with Crippen LogP contribution in [0.4, 0.5) is 5.69 Å². The molecule has 1 aliphatic heterocycles. The first-order chi connectivity index (χ1) is 14.0. The van der Waals surface area contributed by atoms with Gasteiger partial charge in [0.1, 0.15) is 0 Å². The third-order valence-electron chi connectivity index (χ3n) is 5.30. The van der Waals surface area contributed by atoms with Crippen LogP contribution < -0.4 is 10.6 Å². The monoisotopic (exact) mass is 413 g/mol. The standard InChI is InChI=1S/C23H28ClN3O2/c1-17(28)26-22-8-2-18(3-9-22)16-25-12-15-27-13-10-20(11-14-27)23(29)19-4-6-21(24)7-5-19/h2-9,20,25H,10-16H2,1H3,(H,26,28). The number of nitrogens with zero attached hydrogens (tertiary/aromatic N) is 1. The number of likely N-dealkylation sites (tertiary alicyclic amines) is 1. The SMILES string of the molecule is CC(=O)Nc1ccc(CNCCN2CCC(C(=O)c3ccc(Cl)cc3)CC2)cc1. The molecular formula is C23H28ClN3O2. The molecule has 6 heteroatoms. The van der Waals surface area contributed by atoms with Crippen LogP contribution in [0.1, 0.15) is 35.7 Å². The van der Waals surface area contributed by atoms with Gasteiger partial charge in [-0.25, -0.2) is 0 Å². The van der Waals surface area contributed by atoms with E-state index in [1.807, 2.05) is 36.4 Å². The molecule has 3 rings (SSSR count). The molecule has 0 radical (unpaired) electrons. The number of carbonyl (C=O) groups is 2. The average Bonchev–Trinajstić information content (AvgIpc) is 2.72. The quantitative estimate of drug-likeness (QED) is 0.507. The van der Waals surface area contributed by atoms with Gasteiger partial charge in [-0.2, -0.15) is 0 Å². The maximum Gasteiger partial charge on any atom is 0.221 e. The summed E-state index contributed by atoms with van der Waals surface area (Å²) in [6, 6.07) is 15.1. The average molecular weight is 414 g/mol. The Morgan fingerprint density at radius 1 is 1.03 bits per heavy atom. The van der Waals surface area contributed by atoms with Gasteiger partial charge in [-0.05, 0) is 67.9 Å². The molecule has 2 N–H and O–H groups in total. The summed E-state index contributed by atoms with van der Waals surface area (Å²) in [6.07, 6.45) is 1.82. The maximum absolute atomic E-state index is 12.6. The maximum atomic E-state index is 12.6. The van der Waals surface area contributed by atoms with Gasteiger partial charge in [0, 0.05) is 48.7 Å². The molecule has 154 valence electrons. The number of anilines is 1. The van der Waals surface area contributed by atoms with Crippen LogP contribution in [0.5, 0.6) is 0 Å². The molecule has 2 aromatic carbocycles. The highest BCUT2D eigenvalue weighted by Gasteiger charge is 2.25. The number of hydrogen-bond acceptors (Lipinski definition) is 4. The smallest absolute Gasteiger partial charge is 0.221 e. The lowest BCUT2D eigenvalue weighted by molar-refractivity contribution is -0.114. The van der Waals surface area contributed by atoms with Crippen molar-refractivity contribution < 1.29 is 9.59 Å². The van der Waals surface area contributed by atoms with Crippen LogP contribution in [0.15, 0.2) is 48.5 Å². The van der Waals surface area contributed by atoms with Gasteiger partial charge in [0.15, 0.2) is 5.78 Å². The zero-order valence-electron chi connectivity index (χ0n) is 16.8. The van der Waals surface area contributed by atoms with Crippen LogP contribution in [0, 0.1) is 5.92 Å². The Hall–Kier alpha value is -2.21. The molecule has 0 saturated carbocycles. The number of hydrogen-bond donors (Lipinski definition) is 2. The summed E-state index contributed by atoms with van der Waals surface area (Å²) in [5, 5.41) is 6.90. The molecule has 0 unspecified atom stereocenters. The van der Waals surface area contributed by atoms with E-state index in [9.17, 15) is 9.59 Å². The van der Waals surface area contributed by atoms with Crippen LogP contribution in [-0.4, -0.2) is 42.8 Å². The van der Waals surface area contributed by atoms with Crippen molar-refractivity contribution in [3.8, 4) is 0 Å². The molecular weight excluding hydrogens is 386 g/mol. The molecule has 2 aromatic rings. The predicted molar refractivity (Wildman–Crippen MR) is 117 cm³/mol. The van der Waals surface area contributed by atoms with Crippen LogP contribution >= 0.6 is 11.6 Å². The van der Waals surface area contributed by atoms with Crippen LogP contribution in [0.3, 0.4) is 0 Å². The molecule has 1 heterocycles. The van der Waals surface area contributed by atoms with Gasteiger partial charge in [0.25, 0.3) is 0 Å². The third-order valence-corrected chi connectivity index (χ3v) is 5.55. The summed E-state index contributed by atoms with van der Waals surface area (Å²) in [4.78, 5) is 26.1.